The van der Waals surface area contributed by atoms with Crippen LogP contribution in [0.2, 0.25) is 0 Å². The third-order valence-corrected chi connectivity index (χ3v) is 4.17. The molecule has 0 spiro atoms. The van der Waals surface area contributed by atoms with E-state index in [1.54, 1.807) is 11.0 Å². The maximum atomic E-state index is 12.5. The summed E-state index contributed by atoms with van der Waals surface area (Å²) in [6, 6.07) is 8.27. The normalized spacial score (nSPS) is 17.4. The molecule has 2 heterocycles. The van der Waals surface area contributed by atoms with E-state index in [-0.39, 0.29) is 11.9 Å². The Bertz CT molecular complexity index is 625. The number of benzene rings is 1. The zero-order chi connectivity index (χ0) is 16.1. The number of carbonyl (C=O) groups excluding carboxylic acids is 1. The highest BCUT2D eigenvalue weighted by molar-refractivity contribution is 5.77. The van der Waals surface area contributed by atoms with Crippen LogP contribution >= 0.6 is 0 Å². The van der Waals surface area contributed by atoms with Gasteiger partial charge in [-0.25, -0.2) is 4.98 Å². The van der Waals surface area contributed by atoms with E-state index < -0.39 is 0 Å². The highest BCUT2D eigenvalue weighted by Gasteiger charge is 2.29. The van der Waals surface area contributed by atoms with E-state index in [1.165, 1.54) is 11.9 Å². The van der Waals surface area contributed by atoms with E-state index in [2.05, 4.69) is 22.2 Å². The summed E-state index contributed by atoms with van der Waals surface area (Å²) in [5, 5.41) is 4.04. The topological polar surface area (TPSA) is 60.2 Å². The van der Waals surface area contributed by atoms with Crippen molar-refractivity contribution in [3.8, 4) is 5.75 Å². The fourth-order valence-electron chi connectivity index (χ4n) is 3.07. The number of hydrogen-bond donors (Lipinski definition) is 0. The molecule has 6 heteroatoms. The fraction of sp³-hybridized carbons (Fsp3) is 0.471. The molecule has 1 aromatic carbocycles. The smallest absolute Gasteiger partial charge is 0.224 e. The number of nitrogens with zero attached hydrogens (tertiary/aromatic N) is 4. The van der Waals surface area contributed by atoms with Gasteiger partial charge < -0.3 is 9.64 Å². The van der Waals surface area contributed by atoms with Gasteiger partial charge in [-0.05, 0) is 37.5 Å². The number of rotatable bonds is 6. The van der Waals surface area contributed by atoms with Gasteiger partial charge in [0.1, 0.15) is 18.4 Å². The maximum Gasteiger partial charge on any atom is 0.224 e. The van der Waals surface area contributed by atoms with Crippen molar-refractivity contribution in [2.45, 2.75) is 38.8 Å². The van der Waals surface area contributed by atoms with Crippen molar-refractivity contribution in [3.63, 3.8) is 0 Å². The molecule has 0 bridgehead atoms. The predicted octanol–water partition coefficient (Wildman–Crippen LogP) is 2.43. The molecule has 122 valence electrons. The van der Waals surface area contributed by atoms with Gasteiger partial charge in [-0.2, -0.15) is 5.10 Å². The second kappa shape index (κ2) is 7.26. The van der Waals surface area contributed by atoms with Crippen molar-refractivity contribution in [1.82, 2.24) is 19.7 Å². The Hall–Kier alpha value is -2.37. The summed E-state index contributed by atoms with van der Waals surface area (Å²) < 4.78 is 7.18. The molecule has 1 atom stereocenters. The van der Waals surface area contributed by atoms with Crippen LogP contribution in [0.1, 0.15) is 37.8 Å². The molecule has 0 aliphatic carbocycles. The Morgan fingerprint density at radius 2 is 2.17 bits per heavy atom. The number of carbonyl (C=O) groups is 1. The first kappa shape index (κ1) is 15.5. The van der Waals surface area contributed by atoms with Gasteiger partial charge in [0.15, 0.2) is 0 Å². The number of amides is 1. The quantitative estimate of drug-likeness (QED) is 0.821. The summed E-state index contributed by atoms with van der Waals surface area (Å²) in [5.41, 5.74) is 1.18. The molecule has 6 nitrogen and oxygen atoms in total. The number of aromatic nitrogens is 3. The molecule has 3 rings (SSSR count). The van der Waals surface area contributed by atoms with Gasteiger partial charge >= 0.3 is 0 Å². The molecule has 1 amide bonds. The molecule has 1 aliphatic heterocycles. The second-order valence-electron chi connectivity index (χ2n) is 5.66. The molecule has 1 fully saturated rings. The Morgan fingerprint density at radius 1 is 1.35 bits per heavy atom. The van der Waals surface area contributed by atoms with Crippen LogP contribution in [0.3, 0.4) is 0 Å². The molecule has 1 saturated heterocycles. The monoisotopic (exact) mass is 314 g/mol. The minimum absolute atomic E-state index is 0.175. The lowest BCUT2D eigenvalue weighted by atomic mass is 10.0. The van der Waals surface area contributed by atoms with Gasteiger partial charge in [0, 0.05) is 13.0 Å². The van der Waals surface area contributed by atoms with Crippen LogP contribution in [0.4, 0.5) is 0 Å². The highest BCUT2D eigenvalue weighted by Crippen LogP contribution is 2.33. The molecule has 2 aromatic rings. The summed E-state index contributed by atoms with van der Waals surface area (Å²) in [7, 11) is 0. The van der Waals surface area contributed by atoms with E-state index in [0.717, 1.165) is 25.1 Å². The first-order valence-corrected chi connectivity index (χ1v) is 8.12. The molecule has 1 unspecified atom stereocenters. The summed E-state index contributed by atoms with van der Waals surface area (Å²) >= 11 is 0. The lowest BCUT2D eigenvalue weighted by Gasteiger charge is -2.25. The molecule has 0 radical (unpaired) electrons. The number of hydrogen-bond acceptors (Lipinski definition) is 4. The predicted molar refractivity (Wildman–Crippen MR) is 85.9 cm³/mol. The molecular weight excluding hydrogens is 292 g/mol. The zero-order valence-electron chi connectivity index (χ0n) is 13.4. The summed E-state index contributed by atoms with van der Waals surface area (Å²) in [6.45, 7) is 4.04. The number of ether oxygens (including phenoxy) is 1. The van der Waals surface area contributed by atoms with E-state index >= 15 is 0 Å². The number of aryl methyl sites for hydroxylation is 1. The average Bonchev–Trinajstić information content (AvgIpc) is 3.25. The second-order valence-corrected chi connectivity index (χ2v) is 5.66. The van der Waals surface area contributed by atoms with Crippen molar-refractivity contribution in [1.29, 1.82) is 0 Å². The van der Waals surface area contributed by atoms with Crippen LogP contribution in [0, 0.1) is 0 Å². The van der Waals surface area contributed by atoms with Gasteiger partial charge in [0.2, 0.25) is 5.91 Å². The minimum atomic E-state index is 0.175. The van der Waals surface area contributed by atoms with E-state index in [0.29, 0.717) is 19.6 Å². The molecule has 0 saturated carbocycles. The largest absolute Gasteiger partial charge is 0.494 e. The molecule has 1 aromatic heterocycles. The average molecular weight is 314 g/mol. The van der Waals surface area contributed by atoms with Gasteiger partial charge in [-0.1, -0.05) is 12.1 Å². The Labute approximate surface area is 136 Å². The molecule has 1 aliphatic rings. The van der Waals surface area contributed by atoms with E-state index in [1.807, 2.05) is 24.0 Å². The van der Waals surface area contributed by atoms with Crippen LogP contribution in [-0.4, -0.2) is 38.7 Å². The van der Waals surface area contributed by atoms with Crippen molar-refractivity contribution >= 4 is 5.91 Å². The molecular formula is C17H22N4O2. The SMILES string of the molecule is CCOc1ccc(C2CCCN2C(=O)CCn2cncn2)cc1. The standard InChI is InChI=1S/C17H22N4O2/c1-2-23-15-7-5-14(6-8-15)16-4-3-10-21(16)17(22)9-11-20-13-18-12-19-20/h5-8,12-13,16H,2-4,9-11H2,1H3. The first-order chi connectivity index (χ1) is 11.3. The summed E-state index contributed by atoms with van der Waals surface area (Å²) in [5.74, 6) is 1.05. The summed E-state index contributed by atoms with van der Waals surface area (Å²) in [6.07, 6.45) is 5.65. The van der Waals surface area contributed by atoms with Gasteiger partial charge in [0.25, 0.3) is 0 Å². The van der Waals surface area contributed by atoms with Crippen molar-refractivity contribution < 1.29 is 9.53 Å². The Balaban J connectivity index is 1.63. The highest BCUT2D eigenvalue weighted by atomic mass is 16.5. The van der Waals surface area contributed by atoms with Crippen molar-refractivity contribution in [2.24, 2.45) is 0 Å². The Morgan fingerprint density at radius 3 is 2.87 bits per heavy atom. The number of likely N-dealkylation sites (tertiary alicyclic amines) is 1. The van der Waals surface area contributed by atoms with Crippen LogP contribution in [0.25, 0.3) is 0 Å². The van der Waals surface area contributed by atoms with Gasteiger partial charge in [0.05, 0.1) is 19.2 Å². The van der Waals surface area contributed by atoms with Crippen LogP contribution in [0.5, 0.6) is 5.75 Å². The third kappa shape index (κ3) is 3.70. The lowest BCUT2D eigenvalue weighted by molar-refractivity contribution is -0.132. The molecule has 23 heavy (non-hydrogen) atoms. The van der Waals surface area contributed by atoms with Crippen LogP contribution in [-0.2, 0) is 11.3 Å². The maximum absolute atomic E-state index is 12.5. The fourth-order valence-corrected chi connectivity index (χ4v) is 3.07. The Kier molecular flexibility index (Phi) is 4.90. The van der Waals surface area contributed by atoms with E-state index in [9.17, 15) is 4.79 Å². The lowest BCUT2D eigenvalue weighted by Crippen LogP contribution is -2.31. The zero-order valence-corrected chi connectivity index (χ0v) is 13.4. The third-order valence-electron chi connectivity index (χ3n) is 4.17. The van der Waals surface area contributed by atoms with Gasteiger partial charge in [-0.15, -0.1) is 0 Å². The minimum Gasteiger partial charge on any atom is -0.494 e. The summed E-state index contributed by atoms with van der Waals surface area (Å²) in [4.78, 5) is 18.4. The van der Waals surface area contributed by atoms with Crippen LogP contribution < -0.4 is 4.74 Å². The first-order valence-electron chi connectivity index (χ1n) is 8.12. The van der Waals surface area contributed by atoms with Crippen LogP contribution in [0.15, 0.2) is 36.9 Å². The van der Waals surface area contributed by atoms with Crippen molar-refractivity contribution in [3.05, 3.63) is 42.5 Å². The van der Waals surface area contributed by atoms with E-state index in [4.69, 9.17) is 4.74 Å². The molecule has 0 N–H and O–H groups in total. The van der Waals surface area contributed by atoms with Crippen molar-refractivity contribution in [2.75, 3.05) is 13.2 Å². The van der Waals surface area contributed by atoms with Gasteiger partial charge in [-0.3, -0.25) is 9.48 Å².